The molecule has 0 fully saturated rings. The van der Waals surface area contributed by atoms with Crippen molar-refractivity contribution in [2.45, 2.75) is 0 Å². The Morgan fingerprint density at radius 2 is 2.21 bits per heavy atom. The summed E-state index contributed by atoms with van der Waals surface area (Å²) in [5.41, 5.74) is 6.58. The molecule has 0 radical (unpaired) electrons. The Balaban J connectivity index is 2.60. The zero-order valence-electron chi connectivity index (χ0n) is 7.11. The van der Waals surface area contributed by atoms with Gasteiger partial charge < -0.3 is 10.3 Å². The SMILES string of the molecule is Nc1cc(F)c(Cl)cc1-n1ccnc1. The molecule has 0 aliphatic rings. The van der Waals surface area contributed by atoms with Gasteiger partial charge in [0.15, 0.2) is 0 Å². The van der Waals surface area contributed by atoms with E-state index in [1.807, 2.05) is 0 Å². The first-order chi connectivity index (χ1) is 6.68. The molecular weight excluding hydrogens is 205 g/mol. The lowest BCUT2D eigenvalue weighted by molar-refractivity contribution is 0.628. The van der Waals surface area contributed by atoms with Crippen molar-refractivity contribution >= 4 is 17.3 Å². The molecule has 14 heavy (non-hydrogen) atoms. The molecule has 0 aliphatic heterocycles. The maximum absolute atomic E-state index is 13.0. The highest BCUT2D eigenvalue weighted by molar-refractivity contribution is 6.31. The molecule has 0 saturated heterocycles. The summed E-state index contributed by atoms with van der Waals surface area (Å²) in [6.07, 6.45) is 4.89. The number of hydrogen-bond donors (Lipinski definition) is 1. The molecule has 1 aromatic heterocycles. The summed E-state index contributed by atoms with van der Waals surface area (Å²) < 4.78 is 14.6. The quantitative estimate of drug-likeness (QED) is 0.736. The van der Waals surface area contributed by atoms with Crippen molar-refractivity contribution in [2.24, 2.45) is 0 Å². The first kappa shape index (κ1) is 9.02. The third kappa shape index (κ3) is 1.44. The third-order valence-electron chi connectivity index (χ3n) is 1.85. The topological polar surface area (TPSA) is 43.8 Å². The number of nitrogens with zero attached hydrogens (tertiary/aromatic N) is 2. The highest BCUT2D eigenvalue weighted by Crippen LogP contribution is 2.24. The maximum Gasteiger partial charge on any atom is 0.143 e. The van der Waals surface area contributed by atoms with E-state index < -0.39 is 5.82 Å². The number of benzene rings is 1. The van der Waals surface area contributed by atoms with E-state index in [1.54, 1.807) is 23.3 Å². The smallest absolute Gasteiger partial charge is 0.143 e. The van der Waals surface area contributed by atoms with Crippen molar-refractivity contribution < 1.29 is 4.39 Å². The van der Waals surface area contributed by atoms with Gasteiger partial charge in [0.05, 0.1) is 22.7 Å². The Kier molecular flexibility index (Phi) is 2.13. The van der Waals surface area contributed by atoms with Crippen molar-refractivity contribution in [1.29, 1.82) is 0 Å². The van der Waals surface area contributed by atoms with Crippen LogP contribution in [0.5, 0.6) is 0 Å². The van der Waals surface area contributed by atoms with Crippen molar-refractivity contribution in [1.82, 2.24) is 9.55 Å². The van der Waals surface area contributed by atoms with Crippen molar-refractivity contribution in [3.05, 3.63) is 41.7 Å². The summed E-state index contributed by atoms with van der Waals surface area (Å²) in [5, 5.41) is 0.0444. The molecule has 0 atom stereocenters. The zero-order chi connectivity index (χ0) is 10.1. The summed E-state index contributed by atoms with van der Waals surface area (Å²) >= 11 is 5.64. The normalized spacial score (nSPS) is 10.4. The second-order valence-electron chi connectivity index (χ2n) is 2.80. The van der Waals surface area contributed by atoms with E-state index in [9.17, 15) is 4.39 Å². The number of imidazole rings is 1. The molecule has 0 amide bonds. The standard InChI is InChI=1S/C9H7ClFN3/c10-6-3-9(8(12)4-7(6)11)14-2-1-13-5-14/h1-5H,12H2. The van der Waals surface area contributed by atoms with Crippen LogP contribution in [0.2, 0.25) is 5.02 Å². The van der Waals surface area contributed by atoms with Crippen LogP contribution in [0, 0.1) is 5.82 Å². The predicted octanol–water partition coefficient (Wildman–Crippen LogP) is 2.25. The Hall–Kier alpha value is -1.55. The lowest BCUT2D eigenvalue weighted by Crippen LogP contribution is -1.98. The molecule has 2 rings (SSSR count). The monoisotopic (exact) mass is 211 g/mol. The van der Waals surface area contributed by atoms with E-state index >= 15 is 0 Å². The Labute approximate surface area is 84.9 Å². The Bertz CT molecular complexity index is 453. The average Bonchev–Trinajstić information content (AvgIpc) is 2.64. The highest BCUT2D eigenvalue weighted by Gasteiger charge is 2.06. The van der Waals surface area contributed by atoms with E-state index in [-0.39, 0.29) is 5.02 Å². The molecule has 5 heteroatoms. The number of halogens is 2. The molecule has 2 N–H and O–H groups in total. The fourth-order valence-corrected chi connectivity index (χ4v) is 1.33. The minimum absolute atomic E-state index is 0.0444. The van der Waals surface area contributed by atoms with Gasteiger partial charge in [0.1, 0.15) is 5.82 Å². The van der Waals surface area contributed by atoms with Crippen molar-refractivity contribution in [3.8, 4) is 5.69 Å². The van der Waals surface area contributed by atoms with Crippen LogP contribution in [0.1, 0.15) is 0 Å². The Morgan fingerprint density at radius 3 is 2.86 bits per heavy atom. The Morgan fingerprint density at radius 1 is 1.43 bits per heavy atom. The second-order valence-corrected chi connectivity index (χ2v) is 3.20. The van der Waals surface area contributed by atoms with Crippen LogP contribution in [-0.2, 0) is 0 Å². The van der Waals surface area contributed by atoms with Crippen LogP contribution in [-0.4, -0.2) is 9.55 Å². The highest BCUT2D eigenvalue weighted by atomic mass is 35.5. The van der Waals surface area contributed by atoms with E-state index in [2.05, 4.69) is 4.98 Å². The van der Waals surface area contributed by atoms with Gasteiger partial charge >= 0.3 is 0 Å². The van der Waals surface area contributed by atoms with E-state index in [0.717, 1.165) is 0 Å². The van der Waals surface area contributed by atoms with Gasteiger partial charge in [-0.25, -0.2) is 9.37 Å². The minimum atomic E-state index is -0.520. The van der Waals surface area contributed by atoms with Gasteiger partial charge in [0.2, 0.25) is 0 Å². The number of aromatic nitrogens is 2. The van der Waals surface area contributed by atoms with Gasteiger partial charge in [-0.2, -0.15) is 0 Å². The van der Waals surface area contributed by atoms with E-state index in [4.69, 9.17) is 17.3 Å². The largest absolute Gasteiger partial charge is 0.397 e. The summed E-state index contributed by atoms with van der Waals surface area (Å²) in [6.45, 7) is 0. The lowest BCUT2D eigenvalue weighted by atomic mass is 10.2. The molecule has 2 aromatic rings. The predicted molar refractivity (Wildman–Crippen MR) is 52.9 cm³/mol. The molecular formula is C9H7ClFN3. The first-order valence-electron chi connectivity index (χ1n) is 3.91. The number of hydrogen-bond acceptors (Lipinski definition) is 2. The van der Waals surface area contributed by atoms with Crippen LogP contribution in [0.4, 0.5) is 10.1 Å². The van der Waals surface area contributed by atoms with Gasteiger partial charge in [0.25, 0.3) is 0 Å². The van der Waals surface area contributed by atoms with Gasteiger partial charge in [-0.1, -0.05) is 11.6 Å². The van der Waals surface area contributed by atoms with Gasteiger partial charge in [-0.05, 0) is 6.07 Å². The average molecular weight is 212 g/mol. The first-order valence-corrected chi connectivity index (χ1v) is 4.29. The van der Waals surface area contributed by atoms with Crippen LogP contribution < -0.4 is 5.73 Å². The summed E-state index contributed by atoms with van der Waals surface area (Å²) in [4.78, 5) is 3.86. The number of nitrogens with two attached hydrogens (primary N) is 1. The number of nitrogen functional groups attached to an aromatic ring is 1. The van der Waals surface area contributed by atoms with E-state index in [1.165, 1.54) is 12.1 Å². The molecule has 3 nitrogen and oxygen atoms in total. The maximum atomic E-state index is 13.0. The number of rotatable bonds is 1. The molecule has 0 bridgehead atoms. The van der Waals surface area contributed by atoms with Crippen molar-refractivity contribution in [3.63, 3.8) is 0 Å². The fraction of sp³-hybridized carbons (Fsp3) is 0. The third-order valence-corrected chi connectivity index (χ3v) is 2.14. The molecule has 72 valence electrons. The van der Waals surface area contributed by atoms with Gasteiger partial charge in [-0.15, -0.1) is 0 Å². The molecule has 1 aromatic carbocycles. The summed E-state index contributed by atoms with van der Waals surface area (Å²) in [6, 6.07) is 2.66. The molecule has 0 saturated carbocycles. The molecule has 1 heterocycles. The van der Waals surface area contributed by atoms with Crippen LogP contribution >= 0.6 is 11.6 Å². The van der Waals surface area contributed by atoms with Gasteiger partial charge in [-0.3, -0.25) is 0 Å². The van der Waals surface area contributed by atoms with Crippen molar-refractivity contribution in [2.75, 3.05) is 5.73 Å². The zero-order valence-corrected chi connectivity index (χ0v) is 7.87. The van der Waals surface area contributed by atoms with Gasteiger partial charge in [0, 0.05) is 18.5 Å². The summed E-state index contributed by atoms with van der Waals surface area (Å²) in [7, 11) is 0. The van der Waals surface area contributed by atoms with E-state index in [0.29, 0.717) is 11.4 Å². The lowest BCUT2D eigenvalue weighted by Gasteiger charge is -2.07. The fourth-order valence-electron chi connectivity index (χ4n) is 1.18. The van der Waals surface area contributed by atoms with Crippen LogP contribution in [0.3, 0.4) is 0 Å². The van der Waals surface area contributed by atoms with Crippen LogP contribution in [0.15, 0.2) is 30.9 Å². The summed E-state index contributed by atoms with van der Waals surface area (Å²) in [5.74, 6) is -0.520. The molecule has 0 unspecified atom stereocenters. The van der Waals surface area contributed by atoms with Crippen LogP contribution in [0.25, 0.3) is 5.69 Å². The molecule has 0 aliphatic carbocycles. The molecule has 0 spiro atoms. The minimum Gasteiger partial charge on any atom is -0.397 e. The number of anilines is 1. The second kappa shape index (κ2) is 3.31.